The Morgan fingerprint density at radius 1 is 0.938 bits per heavy atom. The topological polar surface area (TPSA) is 75.7 Å². The first-order valence-electron chi connectivity index (χ1n) is 11.7. The van der Waals surface area contributed by atoms with Gasteiger partial charge in [0.1, 0.15) is 5.75 Å². The third kappa shape index (κ3) is 8.74. The van der Waals surface area contributed by atoms with Crippen molar-refractivity contribution in [2.24, 2.45) is 0 Å². The Balaban J connectivity index is 2.98. The summed E-state index contributed by atoms with van der Waals surface area (Å²) < 4.78 is 34.2. The Hall–Kier alpha value is -1.60. The van der Waals surface area contributed by atoms with Crippen LogP contribution in [0.2, 0.25) is 0 Å². The zero-order valence-corrected chi connectivity index (χ0v) is 22.4. The molecule has 0 saturated carbocycles. The summed E-state index contributed by atoms with van der Waals surface area (Å²) in [5.41, 5.74) is 2.24. The number of hydrogen-bond donors (Lipinski definition) is 1. The monoisotopic (exact) mass is 468 g/mol. The summed E-state index contributed by atoms with van der Waals surface area (Å²) >= 11 is 0. The highest BCUT2D eigenvalue weighted by molar-refractivity contribution is 7.87. The maximum atomic E-state index is 12.7. The van der Waals surface area contributed by atoms with Crippen LogP contribution in [-0.4, -0.2) is 32.4 Å². The molecule has 0 aliphatic carbocycles. The third-order valence-electron chi connectivity index (χ3n) is 5.49. The van der Waals surface area contributed by atoms with Gasteiger partial charge >= 0.3 is 16.3 Å². The second-order valence-electron chi connectivity index (χ2n) is 10.8. The molecule has 0 aliphatic heterocycles. The summed E-state index contributed by atoms with van der Waals surface area (Å²) in [6.45, 7) is 16.8. The van der Waals surface area contributed by atoms with Gasteiger partial charge in [-0.25, -0.2) is 9.52 Å². The van der Waals surface area contributed by atoms with Crippen LogP contribution in [0.4, 0.5) is 4.79 Å². The quantitative estimate of drug-likeness (QED) is 0.414. The number of nitrogens with zero attached hydrogens (tertiary/aromatic N) is 1. The Labute approximate surface area is 196 Å². The van der Waals surface area contributed by atoms with Crippen LogP contribution in [0, 0.1) is 6.92 Å². The van der Waals surface area contributed by atoms with E-state index in [0.29, 0.717) is 12.3 Å². The first kappa shape index (κ1) is 28.4. The molecule has 0 saturated heterocycles. The van der Waals surface area contributed by atoms with Crippen LogP contribution in [0.1, 0.15) is 104 Å². The molecule has 1 aromatic rings. The Bertz CT molecular complexity index is 830. The van der Waals surface area contributed by atoms with Gasteiger partial charge < -0.3 is 4.74 Å². The fraction of sp³-hybridized carbons (Fsp3) is 0.720. The van der Waals surface area contributed by atoms with Crippen LogP contribution >= 0.6 is 0 Å². The van der Waals surface area contributed by atoms with Gasteiger partial charge in [0.2, 0.25) is 0 Å². The van der Waals surface area contributed by atoms with Crippen molar-refractivity contribution < 1.29 is 17.9 Å². The first-order chi connectivity index (χ1) is 14.6. The van der Waals surface area contributed by atoms with Crippen molar-refractivity contribution in [3.63, 3.8) is 0 Å². The first-order valence-corrected chi connectivity index (χ1v) is 13.1. The molecule has 184 valence electrons. The smallest absolute Gasteiger partial charge is 0.409 e. The second-order valence-corrected chi connectivity index (χ2v) is 12.6. The molecular weight excluding hydrogens is 424 g/mol. The predicted octanol–water partition coefficient (Wildman–Crippen LogP) is 6.22. The zero-order chi connectivity index (χ0) is 24.7. The van der Waals surface area contributed by atoms with Gasteiger partial charge in [0.05, 0.1) is 0 Å². The van der Waals surface area contributed by atoms with Crippen LogP contribution in [0.15, 0.2) is 12.1 Å². The average Bonchev–Trinajstić information content (AvgIpc) is 2.63. The van der Waals surface area contributed by atoms with Crippen LogP contribution in [0.3, 0.4) is 0 Å². The van der Waals surface area contributed by atoms with E-state index >= 15 is 0 Å². The number of aryl methyl sites for hydroxylation is 1. The number of hydrogen-bond acceptors (Lipinski definition) is 4. The molecule has 6 nitrogen and oxygen atoms in total. The lowest BCUT2D eigenvalue weighted by atomic mass is 9.78. The SMILES string of the molecule is CCCCCCCCN(C)S(=O)(=O)NC(=O)Oc1c(C(C)(C)C)cc(C)cc1C(C)(C)C. The summed E-state index contributed by atoms with van der Waals surface area (Å²) in [7, 11) is -2.49. The molecule has 0 aliphatic rings. The minimum atomic E-state index is -3.97. The number of carbonyl (C=O) groups is 1. The number of benzene rings is 1. The van der Waals surface area contributed by atoms with Crippen molar-refractivity contribution in [1.29, 1.82) is 0 Å². The number of nitrogens with one attached hydrogen (secondary N) is 1. The van der Waals surface area contributed by atoms with Gasteiger partial charge in [0.25, 0.3) is 0 Å². The van der Waals surface area contributed by atoms with Gasteiger partial charge in [0.15, 0.2) is 0 Å². The van der Waals surface area contributed by atoms with Crippen LogP contribution in [0.5, 0.6) is 5.75 Å². The molecule has 1 rings (SSSR count). The van der Waals surface area contributed by atoms with E-state index in [1.165, 1.54) is 30.6 Å². The van der Waals surface area contributed by atoms with E-state index in [0.717, 1.165) is 36.0 Å². The van der Waals surface area contributed by atoms with E-state index in [-0.39, 0.29) is 10.8 Å². The van der Waals surface area contributed by atoms with Gasteiger partial charge in [-0.3, -0.25) is 0 Å². The molecule has 32 heavy (non-hydrogen) atoms. The molecular formula is C25H44N2O4S. The predicted molar refractivity (Wildman–Crippen MR) is 133 cm³/mol. The lowest BCUT2D eigenvalue weighted by Crippen LogP contribution is -2.43. The van der Waals surface area contributed by atoms with E-state index in [2.05, 4.69) is 11.6 Å². The minimum Gasteiger partial charge on any atom is -0.409 e. The molecule has 0 spiro atoms. The Kier molecular flexibility index (Phi) is 10.2. The summed E-state index contributed by atoms with van der Waals surface area (Å²) in [5.74, 6) is 0.432. The molecule has 1 amide bonds. The van der Waals surface area contributed by atoms with Gasteiger partial charge in [-0.05, 0) is 24.2 Å². The van der Waals surface area contributed by atoms with Crippen molar-refractivity contribution in [3.05, 3.63) is 28.8 Å². The molecule has 0 unspecified atom stereocenters. The lowest BCUT2D eigenvalue weighted by Gasteiger charge is -2.29. The number of ether oxygens (including phenoxy) is 1. The van der Waals surface area contributed by atoms with Crippen molar-refractivity contribution in [2.75, 3.05) is 13.6 Å². The highest BCUT2D eigenvalue weighted by Gasteiger charge is 2.30. The van der Waals surface area contributed by atoms with Gasteiger partial charge in [-0.15, -0.1) is 0 Å². The molecule has 7 heteroatoms. The maximum absolute atomic E-state index is 12.7. The number of rotatable bonds is 10. The van der Waals surface area contributed by atoms with Gasteiger partial charge in [0, 0.05) is 24.7 Å². The summed E-state index contributed by atoms with van der Waals surface area (Å²) in [6.07, 6.45) is 5.38. The fourth-order valence-electron chi connectivity index (χ4n) is 3.53. The normalized spacial score (nSPS) is 12.8. The maximum Gasteiger partial charge on any atom is 0.427 e. The Morgan fingerprint density at radius 3 is 1.88 bits per heavy atom. The van der Waals surface area contributed by atoms with Crippen molar-refractivity contribution >= 4 is 16.3 Å². The molecule has 1 N–H and O–H groups in total. The summed E-state index contributed by atoms with van der Waals surface area (Å²) in [6, 6.07) is 3.99. The van der Waals surface area contributed by atoms with Crippen LogP contribution in [0.25, 0.3) is 0 Å². The van der Waals surface area contributed by atoms with Crippen molar-refractivity contribution in [3.8, 4) is 5.75 Å². The highest BCUT2D eigenvalue weighted by atomic mass is 32.2. The van der Waals surface area contributed by atoms with Crippen LogP contribution in [-0.2, 0) is 21.0 Å². The van der Waals surface area contributed by atoms with E-state index in [1.807, 2.05) is 60.6 Å². The molecule has 0 fully saturated rings. The molecule has 0 heterocycles. The number of unbranched alkanes of at least 4 members (excludes halogenated alkanes) is 5. The number of amides is 1. The Morgan fingerprint density at radius 2 is 1.41 bits per heavy atom. The minimum absolute atomic E-state index is 0.283. The second kappa shape index (κ2) is 11.5. The average molecular weight is 469 g/mol. The van der Waals surface area contributed by atoms with Crippen molar-refractivity contribution in [1.82, 2.24) is 9.03 Å². The zero-order valence-electron chi connectivity index (χ0n) is 21.6. The molecule has 0 radical (unpaired) electrons. The van der Waals surface area contributed by atoms with E-state index in [1.54, 1.807) is 0 Å². The van der Waals surface area contributed by atoms with E-state index in [4.69, 9.17) is 4.74 Å². The molecule has 0 atom stereocenters. The lowest BCUT2D eigenvalue weighted by molar-refractivity contribution is 0.204. The molecule has 0 aromatic heterocycles. The molecule has 1 aromatic carbocycles. The molecule has 0 bridgehead atoms. The van der Waals surface area contributed by atoms with Gasteiger partial charge in [-0.1, -0.05) is 98.3 Å². The largest absolute Gasteiger partial charge is 0.427 e. The highest BCUT2D eigenvalue weighted by Crippen LogP contribution is 2.40. The van der Waals surface area contributed by atoms with E-state index in [9.17, 15) is 13.2 Å². The standard InChI is InChI=1S/C25H44N2O4S/c1-10-11-12-13-14-15-16-27(9)32(29,30)26-23(28)31-22-20(24(3,4)5)17-19(2)18-21(22)25(6,7)8/h17-18H,10-16H2,1-9H3,(H,26,28). The van der Waals surface area contributed by atoms with Crippen molar-refractivity contribution in [2.45, 2.75) is 105 Å². The fourth-order valence-corrected chi connectivity index (χ4v) is 4.31. The number of carbonyl (C=O) groups excluding carboxylic acids is 1. The summed E-state index contributed by atoms with van der Waals surface area (Å²) in [5, 5.41) is 0. The van der Waals surface area contributed by atoms with Gasteiger partial charge in [-0.2, -0.15) is 12.7 Å². The van der Waals surface area contributed by atoms with Crippen LogP contribution < -0.4 is 9.46 Å². The van der Waals surface area contributed by atoms with E-state index < -0.39 is 16.3 Å². The summed E-state index contributed by atoms with van der Waals surface area (Å²) in [4.78, 5) is 12.7. The third-order valence-corrected chi connectivity index (χ3v) is 6.92.